The van der Waals surface area contributed by atoms with Crippen LogP contribution in [0.2, 0.25) is 0 Å². The Hall–Kier alpha value is -2.18. The predicted molar refractivity (Wildman–Crippen MR) is 127 cm³/mol. The molecule has 1 amide bonds. The number of amides is 1. The van der Waals surface area contributed by atoms with Crippen LogP contribution in [0, 0.1) is 11.8 Å². The number of carbonyl (C=O) groups is 1. The Morgan fingerprint density at radius 3 is 2.69 bits per heavy atom. The van der Waals surface area contributed by atoms with Crippen LogP contribution < -0.4 is 4.74 Å². The lowest BCUT2D eigenvalue weighted by atomic mass is 9.72. The number of fused-ring (bicyclic) bond motifs is 4. The molecule has 6 rings (SSSR count). The third-order valence-electron chi connectivity index (χ3n) is 7.68. The number of pyridine rings is 1. The van der Waals surface area contributed by atoms with Crippen LogP contribution in [0.3, 0.4) is 0 Å². The van der Waals surface area contributed by atoms with Crippen molar-refractivity contribution in [2.75, 3.05) is 33.3 Å². The van der Waals surface area contributed by atoms with E-state index in [1.807, 2.05) is 36.1 Å². The lowest BCUT2D eigenvalue weighted by molar-refractivity contribution is -0.127. The summed E-state index contributed by atoms with van der Waals surface area (Å²) in [7, 11) is 1.67. The zero-order valence-electron chi connectivity index (χ0n) is 19.7. The molecule has 0 saturated carbocycles. The SMILES string of the molecule is CCC1CN2CC[C@H]1CC2C(O)c1ccnc2ccc(OC)cc12.CCN1CCCC1=O. The third kappa shape index (κ3) is 4.62. The first-order valence-corrected chi connectivity index (χ1v) is 12.2. The van der Waals surface area contributed by atoms with E-state index in [2.05, 4.69) is 16.8 Å². The molecule has 5 heterocycles. The fourth-order valence-electron chi connectivity index (χ4n) is 5.75. The van der Waals surface area contributed by atoms with Gasteiger partial charge in [0.2, 0.25) is 5.91 Å². The molecule has 4 aliphatic heterocycles. The molecule has 0 radical (unpaired) electrons. The highest BCUT2D eigenvalue weighted by Crippen LogP contribution is 2.42. The number of aliphatic hydroxyl groups excluding tert-OH is 1. The first-order chi connectivity index (χ1) is 15.5. The number of carbonyl (C=O) groups excluding carboxylic acids is 1. The zero-order chi connectivity index (χ0) is 22.7. The molecule has 5 atom stereocenters. The van der Waals surface area contributed by atoms with Crippen molar-refractivity contribution in [2.24, 2.45) is 11.8 Å². The molecule has 1 aromatic heterocycles. The monoisotopic (exact) mass is 439 g/mol. The minimum Gasteiger partial charge on any atom is -0.497 e. The van der Waals surface area contributed by atoms with Gasteiger partial charge in [-0.2, -0.15) is 0 Å². The molecular weight excluding hydrogens is 402 g/mol. The Kier molecular flexibility index (Phi) is 7.31. The molecule has 1 aromatic carbocycles. The summed E-state index contributed by atoms with van der Waals surface area (Å²) in [6, 6.07) is 8.07. The largest absolute Gasteiger partial charge is 0.497 e. The predicted octanol–water partition coefficient (Wildman–Crippen LogP) is 4.03. The second kappa shape index (κ2) is 10.2. The van der Waals surface area contributed by atoms with Crippen molar-refractivity contribution in [1.82, 2.24) is 14.8 Å². The van der Waals surface area contributed by atoms with E-state index in [1.54, 1.807) is 13.3 Å². The molecular formula is C26H37N3O3. The van der Waals surface area contributed by atoms with E-state index < -0.39 is 6.10 Å². The van der Waals surface area contributed by atoms with Crippen LogP contribution in [0.25, 0.3) is 10.9 Å². The molecule has 4 aliphatic rings. The summed E-state index contributed by atoms with van der Waals surface area (Å²) in [5.74, 6) is 2.70. The van der Waals surface area contributed by atoms with Gasteiger partial charge in [0.25, 0.3) is 0 Å². The first kappa shape index (κ1) is 23.0. The highest BCUT2D eigenvalue weighted by molar-refractivity contribution is 5.84. The van der Waals surface area contributed by atoms with Gasteiger partial charge in [-0.15, -0.1) is 0 Å². The highest BCUT2D eigenvalue weighted by atomic mass is 16.5. The molecule has 6 nitrogen and oxygen atoms in total. The number of hydrogen-bond acceptors (Lipinski definition) is 5. The average molecular weight is 440 g/mol. The lowest BCUT2D eigenvalue weighted by Gasteiger charge is -2.51. The quantitative estimate of drug-likeness (QED) is 0.762. The van der Waals surface area contributed by atoms with Crippen LogP contribution in [-0.2, 0) is 4.79 Å². The fraction of sp³-hybridized carbons (Fsp3) is 0.615. The minimum absolute atomic E-state index is 0.225. The minimum atomic E-state index is -0.469. The maximum absolute atomic E-state index is 11.2. The second-order valence-electron chi connectivity index (χ2n) is 9.32. The van der Waals surface area contributed by atoms with Crippen molar-refractivity contribution < 1.29 is 14.6 Å². The Bertz CT molecular complexity index is 934. The van der Waals surface area contributed by atoms with Crippen molar-refractivity contribution in [3.8, 4) is 5.75 Å². The topological polar surface area (TPSA) is 65.9 Å². The van der Waals surface area contributed by atoms with Crippen LogP contribution >= 0.6 is 0 Å². The molecule has 0 spiro atoms. The van der Waals surface area contributed by atoms with E-state index in [4.69, 9.17) is 4.74 Å². The molecule has 0 aliphatic carbocycles. The number of piperidine rings is 3. The first-order valence-electron chi connectivity index (χ1n) is 12.2. The third-order valence-corrected chi connectivity index (χ3v) is 7.68. The van der Waals surface area contributed by atoms with E-state index in [9.17, 15) is 9.90 Å². The number of benzene rings is 1. The Balaban J connectivity index is 0.000000260. The van der Waals surface area contributed by atoms with Gasteiger partial charge in [-0.05, 0) is 74.4 Å². The van der Waals surface area contributed by atoms with Crippen LogP contribution in [-0.4, -0.2) is 65.1 Å². The molecule has 2 bridgehead atoms. The number of nitrogens with zero attached hydrogens (tertiary/aromatic N) is 3. The molecule has 1 N–H and O–H groups in total. The number of hydrogen-bond donors (Lipinski definition) is 1. The summed E-state index contributed by atoms with van der Waals surface area (Å²) in [4.78, 5) is 19.6. The van der Waals surface area contributed by atoms with Gasteiger partial charge in [0, 0.05) is 43.7 Å². The van der Waals surface area contributed by atoms with Gasteiger partial charge < -0.3 is 14.7 Å². The highest BCUT2D eigenvalue weighted by Gasteiger charge is 2.42. The number of methoxy groups -OCH3 is 1. The second-order valence-corrected chi connectivity index (χ2v) is 9.32. The van der Waals surface area contributed by atoms with Crippen LogP contribution in [0.5, 0.6) is 5.75 Å². The Morgan fingerprint density at radius 1 is 1.25 bits per heavy atom. The standard InChI is InChI=1S/C20H26N2O2.C6H11NO/c1-3-13-12-22-9-7-14(13)10-19(22)20(23)16-6-8-21-18-5-4-15(24-2)11-17(16)18;1-2-7-5-3-4-6(7)8/h4-6,8,11,13-14,19-20,23H,3,7,9-10,12H2,1-2H3;2-5H2,1H3/t13?,14-,19?,20?;/m0./s1. The van der Waals surface area contributed by atoms with E-state index in [0.717, 1.165) is 79.5 Å². The van der Waals surface area contributed by atoms with Gasteiger partial charge in [-0.25, -0.2) is 0 Å². The van der Waals surface area contributed by atoms with Gasteiger partial charge in [0.15, 0.2) is 0 Å². The number of aromatic nitrogens is 1. The molecule has 4 unspecified atom stereocenters. The normalized spacial score (nSPS) is 27.9. The number of rotatable bonds is 5. The van der Waals surface area contributed by atoms with Gasteiger partial charge in [0.1, 0.15) is 5.75 Å². The maximum Gasteiger partial charge on any atom is 0.222 e. The molecule has 32 heavy (non-hydrogen) atoms. The molecule has 4 saturated heterocycles. The van der Waals surface area contributed by atoms with E-state index in [1.165, 1.54) is 12.8 Å². The van der Waals surface area contributed by atoms with E-state index in [-0.39, 0.29) is 6.04 Å². The van der Waals surface area contributed by atoms with Crippen molar-refractivity contribution in [3.05, 3.63) is 36.0 Å². The summed E-state index contributed by atoms with van der Waals surface area (Å²) in [6.07, 6.45) is 6.81. The summed E-state index contributed by atoms with van der Waals surface area (Å²) < 4.78 is 5.36. The van der Waals surface area contributed by atoms with Gasteiger partial charge >= 0.3 is 0 Å². The van der Waals surface area contributed by atoms with Gasteiger partial charge in [-0.3, -0.25) is 14.7 Å². The van der Waals surface area contributed by atoms with Crippen molar-refractivity contribution in [3.63, 3.8) is 0 Å². The van der Waals surface area contributed by atoms with Crippen LogP contribution in [0.15, 0.2) is 30.5 Å². The molecule has 6 heteroatoms. The molecule has 174 valence electrons. The lowest BCUT2D eigenvalue weighted by Crippen LogP contribution is -2.55. The maximum atomic E-state index is 11.2. The van der Waals surface area contributed by atoms with E-state index in [0.29, 0.717) is 5.91 Å². The van der Waals surface area contributed by atoms with Crippen molar-refractivity contribution >= 4 is 16.8 Å². The summed E-state index contributed by atoms with van der Waals surface area (Å²) in [5.41, 5.74) is 1.89. The zero-order valence-corrected chi connectivity index (χ0v) is 19.7. The molecule has 2 aromatic rings. The van der Waals surface area contributed by atoms with Gasteiger partial charge in [0.05, 0.1) is 18.7 Å². The van der Waals surface area contributed by atoms with Crippen LogP contribution in [0.4, 0.5) is 0 Å². The van der Waals surface area contributed by atoms with Crippen LogP contribution in [0.1, 0.15) is 57.6 Å². The van der Waals surface area contributed by atoms with Crippen molar-refractivity contribution in [1.29, 1.82) is 0 Å². The van der Waals surface area contributed by atoms with Gasteiger partial charge in [-0.1, -0.05) is 13.3 Å². The summed E-state index contributed by atoms with van der Waals surface area (Å²) in [6.45, 7) is 8.43. The number of ether oxygens (including phenoxy) is 1. The summed E-state index contributed by atoms with van der Waals surface area (Å²) >= 11 is 0. The fourth-order valence-corrected chi connectivity index (χ4v) is 5.75. The summed E-state index contributed by atoms with van der Waals surface area (Å²) in [5, 5.41) is 12.2. The number of likely N-dealkylation sites (tertiary alicyclic amines) is 1. The Labute approximate surface area is 191 Å². The smallest absolute Gasteiger partial charge is 0.222 e. The number of aliphatic hydroxyl groups is 1. The van der Waals surface area contributed by atoms with E-state index >= 15 is 0 Å². The van der Waals surface area contributed by atoms with Crippen molar-refractivity contribution in [2.45, 2.75) is 58.1 Å². The molecule has 4 fully saturated rings. The average Bonchev–Trinajstić information content (AvgIpc) is 3.28. The Morgan fingerprint density at radius 2 is 2.09 bits per heavy atom.